The molecule has 0 aliphatic carbocycles. The van der Waals surface area contributed by atoms with Crippen LogP contribution in [0.15, 0.2) is 18.2 Å². The summed E-state index contributed by atoms with van der Waals surface area (Å²) in [5.74, 6) is 0.929. The molecule has 0 N–H and O–H groups in total. The van der Waals surface area contributed by atoms with Crippen molar-refractivity contribution in [3.63, 3.8) is 0 Å². The summed E-state index contributed by atoms with van der Waals surface area (Å²) < 4.78 is 5.44. The fraction of sp³-hybridized carbons (Fsp3) is 0.588. The number of methoxy groups -OCH3 is 1. The molecule has 1 aromatic rings. The van der Waals surface area contributed by atoms with Gasteiger partial charge < -0.3 is 9.64 Å². The molecule has 1 aromatic carbocycles. The van der Waals surface area contributed by atoms with Crippen LogP contribution in [-0.4, -0.2) is 55.9 Å². The Kier molecular flexibility index (Phi) is 6.85. The van der Waals surface area contributed by atoms with Gasteiger partial charge in [-0.15, -0.1) is 0 Å². The zero-order valence-electron chi connectivity index (χ0n) is 14.1. The SMILES string of the molecule is CCN(Cc1cc(C(C)=O)ccc1OC)C(C)CN(C)C. The van der Waals surface area contributed by atoms with E-state index in [1.807, 2.05) is 18.2 Å². The molecule has 0 aliphatic rings. The molecule has 0 bridgehead atoms. The molecule has 1 unspecified atom stereocenters. The third-order valence-corrected chi connectivity index (χ3v) is 3.72. The minimum Gasteiger partial charge on any atom is -0.496 e. The third-order valence-electron chi connectivity index (χ3n) is 3.72. The fourth-order valence-corrected chi connectivity index (χ4v) is 2.56. The van der Waals surface area contributed by atoms with Crippen molar-refractivity contribution in [1.29, 1.82) is 0 Å². The Balaban J connectivity index is 2.97. The van der Waals surface area contributed by atoms with Gasteiger partial charge in [0.1, 0.15) is 5.75 Å². The number of carbonyl (C=O) groups is 1. The van der Waals surface area contributed by atoms with Crippen LogP contribution in [0.1, 0.15) is 36.7 Å². The van der Waals surface area contributed by atoms with Crippen molar-refractivity contribution in [2.45, 2.75) is 33.4 Å². The normalized spacial score (nSPS) is 12.8. The first-order valence-electron chi connectivity index (χ1n) is 7.45. The molecular weight excluding hydrogens is 264 g/mol. The minimum absolute atomic E-state index is 0.0864. The van der Waals surface area contributed by atoms with E-state index >= 15 is 0 Å². The van der Waals surface area contributed by atoms with E-state index < -0.39 is 0 Å². The first-order chi connectivity index (χ1) is 9.88. The molecule has 0 fully saturated rings. The van der Waals surface area contributed by atoms with E-state index in [9.17, 15) is 4.79 Å². The van der Waals surface area contributed by atoms with Crippen LogP contribution in [0.3, 0.4) is 0 Å². The number of likely N-dealkylation sites (N-methyl/N-ethyl adjacent to an activating group) is 2. The summed E-state index contributed by atoms with van der Waals surface area (Å²) in [5.41, 5.74) is 1.81. The molecule has 0 aromatic heterocycles. The zero-order valence-corrected chi connectivity index (χ0v) is 14.1. The van der Waals surface area contributed by atoms with Crippen LogP contribution in [-0.2, 0) is 6.54 Å². The van der Waals surface area contributed by atoms with E-state index in [2.05, 4.69) is 37.7 Å². The Bertz CT molecular complexity index is 472. The highest BCUT2D eigenvalue weighted by atomic mass is 16.5. The number of ether oxygens (including phenoxy) is 1. The number of Topliss-reactive ketones (excluding diaryl/α,β-unsaturated/α-hetero) is 1. The zero-order chi connectivity index (χ0) is 16.0. The number of carbonyl (C=O) groups excluding carboxylic acids is 1. The summed E-state index contributed by atoms with van der Waals surface area (Å²) in [6, 6.07) is 6.10. The maximum absolute atomic E-state index is 11.6. The van der Waals surface area contributed by atoms with Crippen LogP contribution >= 0.6 is 0 Å². The quantitative estimate of drug-likeness (QED) is 0.690. The first kappa shape index (κ1) is 17.7. The molecule has 21 heavy (non-hydrogen) atoms. The van der Waals surface area contributed by atoms with Crippen LogP contribution in [0, 0.1) is 0 Å². The Morgan fingerprint density at radius 2 is 2.00 bits per heavy atom. The third kappa shape index (κ3) is 5.14. The molecule has 0 spiro atoms. The molecule has 0 saturated carbocycles. The Labute approximate surface area is 128 Å². The van der Waals surface area contributed by atoms with Gasteiger partial charge >= 0.3 is 0 Å². The van der Waals surface area contributed by atoms with Gasteiger partial charge in [-0.2, -0.15) is 0 Å². The van der Waals surface area contributed by atoms with Crippen LogP contribution in [0.2, 0.25) is 0 Å². The van der Waals surface area contributed by atoms with Crippen LogP contribution in [0.4, 0.5) is 0 Å². The van der Waals surface area contributed by atoms with Crippen LogP contribution in [0.25, 0.3) is 0 Å². The Hall–Kier alpha value is -1.39. The Morgan fingerprint density at radius 1 is 1.33 bits per heavy atom. The summed E-state index contributed by atoms with van der Waals surface area (Å²) in [7, 11) is 5.84. The van der Waals surface area contributed by atoms with Gasteiger partial charge in [0, 0.05) is 30.3 Å². The first-order valence-corrected chi connectivity index (χ1v) is 7.45. The number of hydrogen-bond donors (Lipinski definition) is 0. The van der Waals surface area contributed by atoms with Gasteiger partial charge in [0.15, 0.2) is 5.78 Å². The maximum atomic E-state index is 11.6. The van der Waals surface area contributed by atoms with Gasteiger partial charge in [-0.25, -0.2) is 0 Å². The average molecular weight is 292 g/mol. The van der Waals surface area contributed by atoms with Gasteiger partial charge in [0.25, 0.3) is 0 Å². The van der Waals surface area contributed by atoms with Crippen molar-refractivity contribution in [2.75, 3.05) is 34.3 Å². The van der Waals surface area contributed by atoms with E-state index in [0.717, 1.165) is 36.5 Å². The highest BCUT2D eigenvalue weighted by Gasteiger charge is 2.16. The standard InChI is InChI=1S/C17H28N2O2/c1-7-19(13(2)11-18(4)5)12-16-10-15(14(3)20)8-9-17(16)21-6/h8-10,13H,7,11-12H2,1-6H3. The smallest absolute Gasteiger partial charge is 0.159 e. The second kappa shape index (κ2) is 8.15. The molecule has 1 rings (SSSR count). The average Bonchev–Trinajstić information content (AvgIpc) is 2.43. The van der Waals surface area contributed by atoms with Crippen molar-refractivity contribution in [3.05, 3.63) is 29.3 Å². The molecule has 0 saturated heterocycles. The maximum Gasteiger partial charge on any atom is 0.159 e. The lowest BCUT2D eigenvalue weighted by Gasteiger charge is -2.30. The second-order valence-electron chi connectivity index (χ2n) is 5.76. The summed E-state index contributed by atoms with van der Waals surface area (Å²) >= 11 is 0. The molecule has 4 nitrogen and oxygen atoms in total. The molecule has 0 radical (unpaired) electrons. The lowest BCUT2D eigenvalue weighted by molar-refractivity contribution is 0.101. The molecule has 1 atom stereocenters. The van der Waals surface area contributed by atoms with Gasteiger partial charge in [-0.1, -0.05) is 6.92 Å². The van der Waals surface area contributed by atoms with E-state index in [-0.39, 0.29) is 5.78 Å². The highest BCUT2D eigenvalue weighted by Crippen LogP contribution is 2.23. The van der Waals surface area contributed by atoms with Crippen molar-refractivity contribution < 1.29 is 9.53 Å². The second-order valence-corrected chi connectivity index (χ2v) is 5.76. The van der Waals surface area contributed by atoms with E-state index in [0.29, 0.717) is 6.04 Å². The van der Waals surface area contributed by atoms with E-state index in [4.69, 9.17) is 4.74 Å². The highest BCUT2D eigenvalue weighted by molar-refractivity contribution is 5.94. The molecule has 0 aliphatic heterocycles. The number of hydrogen-bond acceptors (Lipinski definition) is 4. The predicted molar refractivity (Wildman–Crippen MR) is 87.1 cm³/mol. The van der Waals surface area contributed by atoms with Crippen molar-refractivity contribution >= 4 is 5.78 Å². The fourth-order valence-electron chi connectivity index (χ4n) is 2.56. The number of nitrogens with zero attached hydrogens (tertiary/aromatic N) is 2. The van der Waals surface area contributed by atoms with Gasteiger partial charge in [0.05, 0.1) is 7.11 Å². The predicted octanol–water partition coefficient (Wildman–Crippen LogP) is 2.67. The summed E-state index contributed by atoms with van der Waals surface area (Å²) in [6.45, 7) is 8.73. The summed E-state index contributed by atoms with van der Waals surface area (Å²) in [6.07, 6.45) is 0. The Morgan fingerprint density at radius 3 is 2.48 bits per heavy atom. The number of ketones is 1. The lowest BCUT2D eigenvalue weighted by Crippen LogP contribution is -2.39. The van der Waals surface area contributed by atoms with Gasteiger partial charge in [-0.05, 0) is 52.7 Å². The number of rotatable bonds is 8. The number of benzene rings is 1. The van der Waals surface area contributed by atoms with Gasteiger partial charge in [-0.3, -0.25) is 9.69 Å². The molecular formula is C17H28N2O2. The lowest BCUT2D eigenvalue weighted by atomic mass is 10.1. The molecule has 118 valence electrons. The van der Waals surface area contributed by atoms with Crippen molar-refractivity contribution in [2.24, 2.45) is 0 Å². The monoisotopic (exact) mass is 292 g/mol. The van der Waals surface area contributed by atoms with Gasteiger partial charge in [0.2, 0.25) is 0 Å². The molecule has 4 heteroatoms. The minimum atomic E-state index is 0.0864. The van der Waals surface area contributed by atoms with Crippen molar-refractivity contribution in [3.8, 4) is 5.75 Å². The summed E-state index contributed by atoms with van der Waals surface area (Å²) in [5, 5.41) is 0. The van der Waals surface area contributed by atoms with Crippen LogP contribution < -0.4 is 4.74 Å². The molecule has 0 heterocycles. The van der Waals surface area contributed by atoms with Crippen LogP contribution in [0.5, 0.6) is 5.75 Å². The van der Waals surface area contributed by atoms with Crippen molar-refractivity contribution in [1.82, 2.24) is 9.80 Å². The molecule has 0 amide bonds. The summed E-state index contributed by atoms with van der Waals surface area (Å²) in [4.78, 5) is 16.2. The van der Waals surface area contributed by atoms with E-state index in [1.54, 1.807) is 14.0 Å². The largest absolute Gasteiger partial charge is 0.496 e. The topological polar surface area (TPSA) is 32.8 Å². The van der Waals surface area contributed by atoms with E-state index in [1.165, 1.54) is 0 Å².